The van der Waals surface area contributed by atoms with Crippen LogP contribution in [0.2, 0.25) is 0 Å². The summed E-state index contributed by atoms with van der Waals surface area (Å²) in [5.41, 5.74) is 2.49. The Morgan fingerprint density at radius 1 is 1.06 bits per heavy atom. The zero-order chi connectivity index (χ0) is 13.0. The molecule has 2 N–H and O–H groups in total. The Kier molecular flexibility index (Phi) is 3.99. The van der Waals surface area contributed by atoms with Crippen LogP contribution >= 0.6 is 15.9 Å². The second-order valence-corrected chi connectivity index (χ2v) is 4.69. The number of carboxylic acid groups (broad SMARTS) is 1. The first kappa shape index (κ1) is 12.6. The van der Waals surface area contributed by atoms with Gasteiger partial charge in [-0.25, -0.2) is 0 Å². The van der Waals surface area contributed by atoms with Crippen molar-refractivity contribution < 1.29 is 9.90 Å². The van der Waals surface area contributed by atoms with Gasteiger partial charge in [0, 0.05) is 10.2 Å². The first-order valence-corrected chi connectivity index (χ1v) is 6.27. The molecule has 92 valence electrons. The molecule has 2 aromatic rings. The number of rotatable bonds is 4. The Morgan fingerprint density at radius 3 is 2.33 bits per heavy atom. The maximum atomic E-state index is 10.8. The molecule has 0 amide bonds. The smallest absolute Gasteiger partial charge is 0.307 e. The third-order valence-electron chi connectivity index (χ3n) is 2.50. The quantitative estimate of drug-likeness (QED) is 0.903. The standard InChI is InChI=1S/C14H12BrNO2/c15-11-6-2-4-8-13(11)16-12-7-3-1-5-10(12)9-14(17)18/h1-8,16H,9H2,(H,17,18). The summed E-state index contributed by atoms with van der Waals surface area (Å²) in [6.07, 6.45) is 0.00757. The Labute approximate surface area is 114 Å². The lowest BCUT2D eigenvalue weighted by Crippen LogP contribution is -2.03. The average Bonchev–Trinajstić information content (AvgIpc) is 2.34. The van der Waals surface area contributed by atoms with E-state index in [1.54, 1.807) is 0 Å². The van der Waals surface area contributed by atoms with Gasteiger partial charge in [0.15, 0.2) is 0 Å². The third-order valence-corrected chi connectivity index (χ3v) is 3.19. The molecule has 0 atom stereocenters. The largest absolute Gasteiger partial charge is 0.481 e. The highest BCUT2D eigenvalue weighted by Crippen LogP contribution is 2.27. The molecule has 0 aromatic heterocycles. The lowest BCUT2D eigenvalue weighted by Gasteiger charge is -2.12. The van der Waals surface area contributed by atoms with E-state index in [4.69, 9.17) is 5.11 Å². The first-order chi connectivity index (χ1) is 8.66. The van der Waals surface area contributed by atoms with Crippen LogP contribution in [0.25, 0.3) is 0 Å². The summed E-state index contributed by atoms with van der Waals surface area (Å²) < 4.78 is 0.940. The number of carboxylic acids is 1. The van der Waals surface area contributed by atoms with Crippen LogP contribution in [0.1, 0.15) is 5.56 Å². The predicted molar refractivity (Wildman–Crippen MR) is 75.2 cm³/mol. The van der Waals surface area contributed by atoms with Crippen LogP contribution in [-0.2, 0) is 11.2 Å². The molecule has 0 saturated heterocycles. The summed E-state index contributed by atoms with van der Waals surface area (Å²) in [5, 5.41) is 12.1. The first-order valence-electron chi connectivity index (χ1n) is 5.48. The molecule has 0 heterocycles. The van der Waals surface area contributed by atoms with Gasteiger partial charge in [-0.3, -0.25) is 4.79 Å². The van der Waals surface area contributed by atoms with E-state index in [1.807, 2.05) is 48.5 Å². The zero-order valence-electron chi connectivity index (χ0n) is 9.56. The van der Waals surface area contributed by atoms with Gasteiger partial charge in [0.1, 0.15) is 0 Å². The van der Waals surface area contributed by atoms with Crippen molar-refractivity contribution in [2.45, 2.75) is 6.42 Å². The van der Waals surface area contributed by atoms with E-state index in [0.29, 0.717) is 0 Å². The second-order valence-electron chi connectivity index (χ2n) is 3.83. The van der Waals surface area contributed by atoms with E-state index in [0.717, 1.165) is 21.4 Å². The van der Waals surface area contributed by atoms with Crippen molar-refractivity contribution in [1.29, 1.82) is 0 Å². The topological polar surface area (TPSA) is 49.3 Å². The van der Waals surface area contributed by atoms with Gasteiger partial charge in [-0.15, -0.1) is 0 Å². The van der Waals surface area contributed by atoms with Crippen LogP contribution in [-0.4, -0.2) is 11.1 Å². The molecule has 18 heavy (non-hydrogen) atoms. The molecule has 0 saturated carbocycles. The van der Waals surface area contributed by atoms with Gasteiger partial charge in [-0.1, -0.05) is 30.3 Å². The van der Waals surface area contributed by atoms with Gasteiger partial charge in [-0.2, -0.15) is 0 Å². The van der Waals surface area contributed by atoms with Crippen LogP contribution in [0.3, 0.4) is 0 Å². The third kappa shape index (κ3) is 3.11. The van der Waals surface area contributed by atoms with Crippen LogP contribution in [0.15, 0.2) is 53.0 Å². The van der Waals surface area contributed by atoms with Gasteiger partial charge in [0.2, 0.25) is 0 Å². The minimum absolute atomic E-state index is 0.00757. The fraction of sp³-hybridized carbons (Fsp3) is 0.0714. The van der Waals surface area contributed by atoms with E-state index in [1.165, 1.54) is 0 Å². The van der Waals surface area contributed by atoms with E-state index >= 15 is 0 Å². The molecular formula is C14H12BrNO2. The Hall–Kier alpha value is -1.81. The molecule has 0 unspecified atom stereocenters. The minimum atomic E-state index is -0.837. The molecule has 2 rings (SSSR count). The number of para-hydroxylation sites is 2. The van der Waals surface area contributed by atoms with Crippen molar-refractivity contribution >= 4 is 33.3 Å². The van der Waals surface area contributed by atoms with Crippen molar-refractivity contribution in [3.8, 4) is 0 Å². The fourth-order valence-corrected chi connectivity index (χ4v) is 2.05. The highest BCUT2D eigenvalue weighted by Gasteiger charge is 2.07. The van der Waals surface area contributed by atoms with Crippen molar-refractivity contribution in [3.05, 3.63) is 58.6 Å². The lowest BCUT2D eigenvalue weighted by atomic mass is 10.1. The van der Waals surface area contributed by atoms with E-state index < -0.39 is 5.97 Å². The predicted octanol–water partition coefficient (Wildman–Crippen LogP) is 3.82. The van der Waals surface area contributed by atoms with Crippen LogP contribution < -0.4 is 5.32 Å². The van der Waals surface area contributed by atoms with Crippen molar-refractivity contribution in [2.24, 2.45) is 0 Å². The molecule has 3 nitrogen and oxygen atoms in total. The van der Waals surface area contributed by atoms with E-state index in [9.17, 15) is 4.79 Å². The molecular weight excluding hydrogens is 294 g/mol. The Bertz CT molecular complexity index is 569. The van der Waals surface area contributed by atoms with Crippen LogP contribution in [0, 0.1) is 0 Å². The summed E-state index contributed by atoms with van der Waals surface area (Å²) in [5.74, 6) is -0.837. The number of benzene rings is 2. The number of hydrogen-bond acceptors (Lipinski definition) is 2. The molecule has 0 bridgehead atoms. The highest BCUT2D eigenvalue weighted by molar-refractivity contribution is 9.10. The van der Waals surface area contributed by atoms with Crippen molar-refractivity contribution in [1.82, 2.24) is 0 Å². The van der Waals surface area contributed by atoms with E-state index in [2.05, 4.69) is 21.2 Å². The van der Waals surface area contributed by atoms with Crippen molar-refractivity contribution in [3.63, 3.8) is 0 Å². The Balaban J connectivity index is 2.29. The molecule has 0 aliphatic heterocycles. The number of carbonyl (C=O) groups is 1. The summed E-state index contributed by atoms with van der Waals surface area (Å²) in [6.45, 7) is 0. The van der Waals surface area contributed by atoms with Gasteiger partial charge >= 0.3 is 5.97 Å². The van der Waals surface area contributed by atoms with Gasteiger partial charge in [0.25, 0.3) is 0 Å². The SMILES string of the molecule is O=C(O)Cc1ccccc1Nc1ccccc1Br. The van der Waals surface area contributed by atoms with Crippen molar-refractivity contribution in [2.75, 3.05) is 5.32 Å². The summed E-state index contributed by atoms with van der Waals surface area (Å²) in [6, 6.07) is 15.1. The lowest BCUT2D eigenvalue weighted by molar-refractivity contribution is -0.136. The summed E-state index contributed by atoms with van der Waals surface area (Å²) in [4.78, 5) is 10.8. The molecule has 2 aromatic carbocycles. The maximum absolute atomic E-state index is 10.8. The van der Waals surface area contributed by atoms with E-state index in [-0.39, 0.29) is 6.42 Å². The van der Waals surface area contributed by atoms with Gasteiger partial charge in [0.05, 0.1) is 12.1 Å². The number of anilines is 2. The molecule has 0 aliphatic carbocycles. The highest BCUT2D eigenvalue weighted by atomic mass is 79.9. The number of aliphatic carboxylic acids is 1. The molecule has 0 fully saturated rings. The number of hydrogen-bond donors (Lipinski definition) is 2. The Morgan fingerprint density at radius 2 is 1.67 bits per heavy atom. The van der Waals surface area contributed by atoms with Crippen LogP contribution in [0.5, 0.6) is 0 Å². The summed E-state index contributed by atoms with van der Waals surface area (Å²) >= 11 is 3.45. The fourth-order valence-electron chi connectivity index (χ4n) is 1.67. The molecule has 0 radical (unpaired) electrons. The average molecular weight is 306 g/mol. The summed E-state index contributed by atoms with van der Waals surface area (Å²) in [7, 11) is 0. The van der Waals surface area contributed by atoms with Gasteiger partial charge < -0.3 is 10.4 Å². The molecule has 0 spiro atoms. The number of nitrogens with one attached hydrogen (secondary N) is 1. The zero-order valence-corrected chi connectivity index (χ0v) is 11.1. The maximum Gasteiger partial charge on any atom is 0.307 e. The second kappa shape index (κ2) is 5.69. The molecule has 0 aliphatic rings. The molecule has 4 heteroatoms. The number of halogens is 1. The normalized spacial score (nSPS) is 10.1. The van der Waals surface area contributed by atoms with Gasteiger partial charge in [-0.05, 0) is 39.7 Å². The minimum Gasteiger partial charge on any atom is -0.481 e. The monoisotopic (exact) mass is 305 g/mol. The van der Waals surface area contributed by atoms with Crippen LogP contribution in [0.4, 0.5) is 11.4 Å².